The Morgan fingerprint density at radius 3 is 3.11 bits per heavy atom. The highest BCUT2D eigenvalue weighted by Crippen LogP contribution is 2.08. The summed E-state index contributed by atoms with van der Waals surface area (Å²) in [5.74, 6) is 0. The minimum atomic E-state index is -1.17. The van der Waals surface area contributed by atoms with E-state index in [1.54, 1.807) is 11.4 Å². The van der Waals surface area contributed by atoms with Crippen molar-refractivity contribution in [1.82, 2.24) is 4.37 Å². The van der Waals surface area contributed by atoms with Crippen molar-refractivity contribution in [1.29, 1.82) is 0 Å². The van der Waals surface area contributed by atoms with E-state index in [1.165, 1.54) is 17.8 Å². The zero-order valence-electron chi connectivity index (χ0n) is 4.44. The lowest BCUT2D eigenvalue weighted by Crippen LogP contribution is -1.96. The SMILES string of the molecule is O=[C]C(O)c1ccsn1. The third-order valence-corrected chi connectivity index (χ3v) is 1.42. The largest absolute Gasteiger partial charge is 0.378 e. The Balaban J connectivity index is 2.76. The van der Waals surface area contributed by atoms with Crippen LogP contribution in [0.5, 0.6) is 0 Å². The number of nitrogens with zero attached hydrogens (tertiary/aromatic N) is 1. The van der Waals surface area contributed by atoms with Crippen molar-refractivity contribution in [3.05, 3.63) is 17.1 Å². The summed E-state index contributed by atoms with van der Waals surface area (Å²) in [6.45, 7) is 0. The molecule has 3 nitrogen and oxygen atoms in total. The molecule has 1 N–H and O–H groups in total. The maximum Gasteiger partial charge on any atom is 0.236 e. The van der Waals surface area contributed by atoms with Crippen LogP contribution in [-0.2, 0) is 4.79 Å². The molecule has 1 aromatic heterocycles. The molecule has 0 aliphatic rings. The minimum absolute atomic E-state index is 0.370. The molecule has 47 valence electrons. The monoisotopic (exact) mass is 142 g/mol. The van der Waals surface area contributed by atoms with Crippen molar-refractivity contribution in [3.63, 3.8) is 0 Å². The van der Waals surface area contributed by atoms with Gasteiger partial charge in [0.2, 0.25) is 6.29 Å². The van der Waals surface area contributed by atoms with Crippen LogP contribution in [0, 0.1) is 0 Å². The predicted octanol–water partition coefficient (Wildman–Crippen LogP) is 0.286. The van der Waals surface area contributed by atoms with E-state index in [0.717, 1.165) is 0 Å². The van der Waals surface area contributed by atoms with Crippen molar-refractivity contribution >= 4 is 17.8 Å². The number of carbonyl (C=O) groups excluding carboxylic acids is 1. The molecular formula is C5H4NO2S. The Kier molecular flexibility index (Phi) is 1.92. The van der Waals surface area contributed by atoms with E-state index in [4.69, 9.17) is 5.11 Å². The van der Waals surface area contributed by atoms with Gasteiger partial charge in [0.15, 0.2) is 6.10 Å². The van der Waals surface area contributed by atoms with Crippen LogP contribution in [0.1, 0.15) is 11.8 Å². The fourth-order valence-electron chi connectivity index (χ4n) is 0.423. The van der Waals surface area contributed by atoms with Gasteiger partial charge in [-0.05, 0) is 17.6 Å². The lowest BCUT2D eigenvalue weighted by atomic mass is 10.3. The molecule has 0 bridgehead atoms. The molecule has 0 saturated heterocycles. The number of rotatable bonds is 2. The zero-order chi connectivity index (χ0) is 6.69. The highest BCUT2D eigenvalue weighted by Gasteiger charge is 2.06. The summed E-state index contributed by atoms with van der Waals surface area (Å²) in [4.78, 5) is 9.79. The molecule has 1 unspecified atom stereocenters. The van der Waals surface area contributed by atoms with Gasteiger partial charge in [-0.1, -0.05) is 0 Å². The van der Waals surface area contributed by atoms with E-state index in [2.05, 4.69) is 4.37 Å². The van der Waals surface area contributed by atoms with Crippen molar-refractivity contribution in [2.45, 2.75) is 6.10 Å². The lowest BCUT2D eigenvalue weighted by molar-refractivity contribution is 0.236. The summed E-state index contributed by atoms with van der Waals surface area (Å²) < 4.78 is 3.72. The Labute approximate surface area is 56.1 Å². The second-order valence-corrected chi connectivity index (χ2v) is 2.11. The molecule has 1 rings (SSSR count). The molecule has 9 heavy (non-hydrogen) atoms. The highest BCUT2D eigenvalue weighted by atomic mass is 32.1. The molecule has 0 aliphatic heterocycles. The molecule has 0 spiro atoms. The van der Waals surface area contributed by atoms with Crippen LogP contribution >= 0.6 is 11.5 Å². The van der Waals surface area contributed by atoms with Crippen LogP contribution in [0.4, 0.5) is 0 Å². The summed E-state index contributed by atoms with van der Waals surface area (Å²) in [6.07, 6.45) is 0.247. The maximum atomic E-state index is 9.79. The van der Waals surface area contributed by atoms with Crippen LogP contribution < -0.4 is 0 Å². The van der Waals surface area contributed by atoms with E-state index in [9.17, 15) is 4.79 Å². The standard InChI is InChI=1S/C5H4NO2S/c7-3-5(8)4-1-2-9-6-4/h1-2,5,8H. The first-order valence-electron chi connectivity index (χ1n) is 2.30. The summed E-state index contributed by atoms with van der Waals surface area (Å²) in [7, 11) is 0. The van der Waals surface area contributed by atoms with Gasteiger partial charge in [0.25, 0.3) is 0 Å². The maximum absolute atomic E-state index is 9.79. The topological polar surface area (TPSA) is 50.2 Å². The summed E-state index contributed by atoms with van der Waals surface area (Å²) in [5.41, 5.74) is 0.370. The van der Waals surface area contributed by atoms with Crippen LogP contribution in [0.15, 0.2) is 11.4 Å². The first-order valence-corrected chi connectivity index (χ1v) is 3.14. The van der Waals surface area contributed by atoms with Gasteiger partial charge in [0.1, 0.15) is 0 Å². The molecule has 0 fully saturated rings. The molecule has 1 aromatic rings. The molecule has 1 radical (unpaired) electrons. The van der Waals surface area contributed by atoms with Gasteiger partial charge in [0, 0.05) is 5.38 Å². The average molecular weight is 142 g/mol. The fraction of sp³-hybridized carbons (Fsp3) is 0.200. The van der Waals surface area contributed by atoms with E-state index in [-0.39, 0.29) is 0 Å². The quantitative estimate of drug-likeness (QED) is 0.645. The fourth-order valence-corrected chi connectivity index (χ4v) is 0.967. The van der Waals surface area contributed by atoms with Gasteiger partial charge >= 0.3 is 0 Å². The van der Waals surface area contributed by atoms with E-state index < -0.39 is 6.10 Å². The van der Waals surface area contributed by atoms with Gasteiger partial charge in [-0.2, -0.15) is 4.37 Å². The normalized spacial score (nSPS) is 13.0. The van der Waals surface area contributed by atoms with Gasteiger partial charge in [-0.25, -0.2) is 0 Å². The average Bonchev–Trinajstić information content (AvgIpc) is 2.37. The van der Waals surface area contributed by atoms with Gasteiger partial charge in [0.05, 0.1) is 5.69 Å². The molecular weight excluding hydrogens is 138 g/mol. The molecule has 4 heteroatoms. The first-order chi connectivity index (χ1) is 4.34. The van der Waals surface area contributed by atoms with Crippen molar-refractivity contribution in [3.8, 4) is 0 Å². The number of hydrogen-bond donors (Lipinski definition) is 1. The molecule has 1 atom stereocenters. The van der Waals surface area contributed by atoms with Crippen molar-refractivity contribution in [2.24, 2.45) is 0 Å². The zero-order valence-corrected chi connectivity index (χ0v) is 5.26. The highest BCUT2D eigenvalue weighted by molar-refractivity contribution is 7.03. The Bertz CT molecular complexity index is 185. The number of hydrogen-bond acceptors (Lipinski definition) is 4. The molecule has 0 aliphatic carbocycles. The summed E-state index contributed by atoms with van der Waals surface area (Å²) in [6, 6.07) is 1.58. The van der Waals surface area contributed by atoms with Crippen LogP contribution in [0.25, 0.3) is 0 Å². The summed E-state index contributed by atoms with van der Waals surface area (Å²) >= 11 is 1.19. The minimum Gasteiger partial charge on any atom is -0.378 e. The Hall–Kier alpha value is -0.740. The molecule has 1 heterocycles. The lowest BCUT2D eigenvalue weighted by Gasteiger charge is -1.91. The summed E-state index contributed by atoms with van der Waals surface area (Å²) in [5, 5.41) is 10.4. The van der Waals surface area contributed by atoms with Gasteiger partial charge in [-0.3, -0.25) is 4.79 Å². The Morgan fingerprint density at radius 2 is 2.67 bits per heavy atom. The van der Waals surface area contributed by atoms with E-state index in [0.29, 0.717) is 5.69 Å². The smallest absolute Gasteiger partial charge is 0.236 e. The van der Waals surface area contributed by atoms with Crippen LogP contribution in [-0.4, -0.2) is 15.8 Å². The predicted molar refractivity (Wildman–Crippen MR) is 32.8 cm³/mol. The number of aromatic nitrogens is 1. The van der Waals surface area contributed by atoms with Crippen LogP contribution in [0.2, 0.25) is 0 Å². The Morgan fingerprint density at radius 1 is 1.89 bits per heavy atom. The number of aliphatic hydroxyl groups excluding tert-OH is 1. The van der Waals surface area contributed by atoms with Crippen molar-refractivity contribution in [2.75, 3.05) is 0 Å². The molecule has 0 amide bonds. The van der Waals surface area contributed by atoms with Crippen molar-refractivity contribution < 1.29 is 9.90 Å². The molecule has 0 saturated carbocycles. The third kappa shape index (κ3) is 1.34. The van der Waals surface area contributed by atoms with E-state index in [1.807, 2.05) is 0 Å². The first kappa shape index (κ1) is 6.38. The second kappa shape index (κ2) is 2.70. The van der Waals surface area contributed by atoms with Gasteiger partial charge in [-0.15, -0.1) is 0 Å². The molecule has 0 aromatic carbocycles. The second-order valence-electron chi connectivity index (χ2n) is 1.44. The van der Waals surface area contributed by atoms with Crippen LogP contribution in [0.3, 0.4) is 0 Å². The number of aliphatic hydroxyl groups is 1. The van der Waals surface area contributed by atoms with E-state index >= 15 is 0 Å². The third-order valence-electron chi connectivity index (χ3n) is 0.850. The van der Waals surface area contributed by atoms with Gasteiger partial charge < -0.3 is 5.11 Å².